The summed E-state index contributed by atoms with van der Waals surface area (Å²) in [5.74, 6) is 6.17. The SMILES string of the molecule is [2H]C(C)(C)c1cc(-c2[c-]cccc2)nc[c]1[Ge]([CH3])([CH3])[CH3].[2H]C([2H])([2H])c1cnc(-c2[c-]ccc3c2sc2cc(F)ccc23)cc1-c1ccccc1.[Ir]. The van der Waals surface area contributed by atoms with Crippen LogP contribution >= 0.6 is 11.3 Å². The topological polar surface area (TPSA) is 25.8 Å². The minimum absolute atomic E-state index is 0. The molecule has 4 aromatic carbocycles. The van der Waals surface area contributed by atoms with Gasteiger partial charge in [0.15, 0.2) is 0 Å². The molecule has 0 atom stereocenters. The van der Waals surface area contributed by atoms with Crippen molar-refractivity contribution < 1.29 is 30.0 Å². The summed E-state index contributed by atoms with van der Waals surface area (Å²) in [6, 6.07) is 36.2. The molecular formula is C41H37FGeIrN2S-2. The third kappa shape index (κ3) is 7.65. The average Bonchev–Trinajstić information content (AvgIpc) is 3.45. The van der Waals surface area contributed by atoms with Gasteiger partial charge in [0.05, 0.1) is 0 Å². The van der Waals surface area contributed by atoms with E-state index in [1.54, 1.807) is 6.07 Å². The summed E-state index contributed by atoms with van der Waals surface area (Å²) in [5, 5.41) is 1.99. The normalized spacial score (nSPS) is 13.1. The van der Waals surface area contributed by atoms with Crippen LogP contribution in [0.25, 0.3) is 53.8 Å². The second kappa shape index (κ2) is 14.7. The molecule has 0 saturated heterocycles. The smallest absolute Gasteiger partial charge is 0.124 e. The molecule has 3 heterocycles. The summed E-state index contributed by atoms with van der Waals surface area (Å²) in [6.07, 6.45) is 3.44. The van der Waals surface area contributed by atoms with Gasteiger partial charge < -0.3 is 4.98 Å². The van der Waals surface area contributed by atoms with E-state index in [1.165, 1.54) is 34.1 Å². The van der Waals surface area contributed by atoms with Crippen molar-refractivity contribution in [1.82, 2.24) is 9.97 Å². The minimum atomic E-state index is -2.28. The van der Waals surface area contributed by atoms with Gasteiger partial charge in [0.25, 0.3) is 0 Å². The van der Waals surface area contributed by atoms with Crippen LogP contribution < -0.4 is 4.40 Å². The maximum Gasteiger partial charge on any atom is 0.124 e. The van der Waals surface area contributed by atoms with Crippen molar-refractivity contribution in [3.8, 4) is 33.6 Å². The summed E-state index contributed by atoms with van der Waals surface area (Å²) >= 11 is -0.539. The van der Waals surface area contributed by atoms with E-state index < -0.39 is 26.0 Å². The Hall–Kier alpha value is -3.48. The van der Waals surface area contributed by atoms with E-state index in [4.69, 9.17) is 5.48 Å². The second-order valence-electron chi connectivity index (χ2n) is 12.5. The molecule has 239 valence electrons. The molecule has 0 amide bonds. The van der Waals surface area contributed by atoms with Crippen LogP contribution in [0.5, 0.6) is 0 Å². The fourth-order valence-electron chi connectivity index (χ4n) is 5.52. The Morgan fingerprint density at radius 2 is 1.60 bits per heavy atom. The number of fused-ring (bicyclic) bond motifs is 3. The van der Waals surface area contributed by atoms with Crippen LogP contribution in [0.2, 0.25) is 17.3 Å². The molecule has 3 aromatic heterocycles. The zero-order valence-corrected chi connectivity index (χ0v) is 32.2. The third-order valence-corrected chi connectivity index (χ3v) is 13.3. The first-order valence-electron chi connectivity index (χ1n) is 17.2. The van der Waals surface area contributed by atoms with Crippen LogP contribution in [0, 0.1) is 24.8 Å². The third-order valence-electron chi connectivity index (χ3n) is 7.88. The fraction of sp³-hybridized carbons (Fsp3) is 0.171. The number of halogens is 1. The van der Waals surface area contributed by atoms with Gasteiger partial charge in [-0.05, 0) is 51.5 Å². The first-order chi connectivity index (χ1) is 23.6. The van der Waals surface area contributed by atoms with Gasteiger partial charge in [0.1, 0.15) is 5.82 Å². The molecule has 2 nitrogen and oxygen atoms in total. The second-order valence-corrected chi connectivity index (χ2v) is 24.1. The van der Waals surface area contributed by atoms with E-state index in [0.29, 0.717) is 11.3 Å². The predicted molar refractivity (Wildman–Crippen MR) is 197 cm³/mol. The number of nitrogens with zero attached hydrogens (tertiary/aromatic N) is 2. The molecule has 0 spiro atoms. The maximum atomic E-state index is 13.7. The van der Waals surface area contributed by atoms with Crippen molar-refractivity contribution in [3.63, 3.8) is 0 Å². The summed E-state index contributed by atoms with van der Waals surface area (Å²) in [4.78, 5) is 9.10. The van der Waals surface area contributed by atoms with E-state index >= 15 is 0 Å². The summed E-state index contributed by atoms with van der Waals surface area (Å²) in [5.41, 5.74) is 6.09. The van der Waals surface area contributed by atoms with Crippen LogP contribution in [-0.4, -0.2) is 23.2 Å². The van der Waals surface area contributed by atoms with Crippen molar-refractivity contribution in [2.75, 3.05) is 0 Å². The van der Waals surface area contributed by atoms with Gasteiger partial charge in [0.2, 0.25) is 0 Å². The van der Waals surface area contributed by atoms with Crippen molar-refractivity contribution in [3.05, 3.63) is 139 Å². The molecule has 0 aliphatic heterocycles. The fourth-order valence-corrected chi connectivity index (χ4v) is 10.1. The molecule has 0 N–H and O–H groups in total. The van der Waals surface area contributed by atoms with Gasteiger partial charge in [0, 0.05) is 35.1 Å². The van der Waals surface area contributed by atoms with E-state index in [0.717, 1.165) is 48.1 Å². The van der Waals surface area contributed by atoms with Crippen LogP contribution in [0.15, 0.2) is 109 Å². The summed E-state index contributed by atoms with van der Waals surface area (Å²) in [7, 11) is 0. The Balaban J connectivity index is 0.000000211. The molecule has 47 heavy (non-hydrogen) atoms. The average molecular weight is 878 g/mol. The Bertz CT molecular complexity index is 2300. The quantitative estimate of drug-likeness (QED) is 0.127. The zero-order chi connectivity index (χ0) is 35.8. The molecular weight excluding hydrogens is 836 g/mol. The van der Waals surface area contributed by atoms with Crippen LogP contribution in [0.1, 0.15) is 36.4 Å². The Labute approximate surface area is 303 Å². The molecule has 7 rings (SSSR count). The number of benzene rings is 4. The molecule has 1 radical (unpaired) electrons. The van der Waals surface area contributed by atoms with E-state index in [9.17, 15) is 4.39 Å². The first kappa shape index (κ1) is 29.6. The molecule has 0 aliphatic carbocycles. The van der Waals surface area contributed by atoms with Gasteiger partial charge in [-0.15, -0.1) is 23.8 Å². The van der Waals surface area contributed by atoms with Gasteiger partial charge in [-0.25, -0.2) is 4.39 Å². The number of hydrogen-bond acceptors (Lipinski definition) is 3. The Kier molecular flexibility index (Phi) is 9.30. The van der Waals surface area contributed by atoms with Gasteiger partial charge in [-0.3, -0.25) is 0 Å². The number of aryl methyl sites for hydroxylation is 1. The first-order valence-corrected chi connectivity index (χ1v) is 23.3. The van der Waals surface area contributed by atoms with Crippen LogP contribution in [0.4, 0.5) is 4.39 Å². The number of rotatable bonds is 5. The zero-order valence-electron chi connectivity index (χ0n) is 30.9. The molecule has 6 heteroatoms. The molecule has 0 aliphatic rings. The van der Waals surface area contributed by atoms with E-state index in [1.807, 2.05) is 92.8 Å². The minimum Gasteiger partial charge on any atom is -0.304 e. The van der Waals surface area contributed by atoms with E-state index in [-0.39, 0.29) is 31.5 Å². The maximum absolute atomic E-state index is 13.7. The number of hydrogen-bond donors (Lipinski definition) is 0. The molecule has 0 unspecified atom stereocenters. The molecule has 7 aromatic rings. The van der Waals surface area contributed by atoms with Crippen LogP contribution in [0.3, 0.4) is 0 Å². The molecule has 0 bridgehead atoms. The van der Waals surface area contributed by atoms with Crippen molar-refractivity contribution >= 4 is 49.2 Å². The number of aromatic nitrogens is 2. The summed E-state index contributed by atoms with van der Waals surface area (Å²) < 4.78 is 49.0. The Morgan fingerprint density at radius 3 is 2.30 bits per heavy atom. The van der Waals surface area contributed by atoms with E-state index in [2.05, 4.69) is 45.4 Å². The largest absolute Gasteiger partial charge is 0.304 e. The number of thiophene rings is 1. The van der Waals surface area contributed by atoms with Gasteiger partial charge >= 0.3 is 120 Å². The molecule has 0 fully saturated rings. The van der Waals surface area contributed by atoms with Gasteiger partial charge in [-0.1, -0.05) is 47.9 Å². The Morgan fingerprint density at radius 1 is 0.830 bits per heavy atom. The van der Waals surface area contributed by atoms with Crippen molar-refractivity contribution in [1.29, 1.82) is 0 Å². The standard InChI is InChI=1S/C24H15FNS.C17H22GeN.Ir/c1-15-14-26-22(13-21(15)16-6-3-2-4-7-16)20-9-5-8-19-18-11-10-17(25)12-23(18)27-24(19)20;1-13(2)15-11-17(14-9-7-6-8-10-14)19-12-16(15)18(3,4)5;/h2-8,10-14H,1H3;6-9,11-13H,1-5H3;/q2*-1;/i1D3;13D;. The van der Waals surface area contributed by atoms with Crippen LogP contribution in [-0.2, 0) is 20.1 Å². The monoisotopic (exact) mass is 879 g/mol. The number of pyridine rings is 2. The predicted octanol–water partition coefficient (Wildman–Crippen LogP) is 11.2. The van der Waals surface area contributed by atoms with Crippen molar-refractivity contribution in [2.45, 2.75) is 43.9 Å². The van der Waals surface area contributed by atoms with Gasteiger partial charge in [-0.2, -0.15) is 11.3 Å². The summed E-state index contributed by atoms with van der Waals surface area (Å²) in [6.45, 7) is 1.64. The van der Waals surface area contributed by atoms with Crippen molar-refractivity contribution in [2.24, 2.45) is 0 Å². The molecule has 0 saturated carbocycles.